The minimum absolute atomic E-state index is 0.0289. The van der Waals surface area contributed by atoms with Crippen LogP contribution in [0.25, 0.3) is 0 Å². The minimum Gasteiger partial charge on any atom is -0.325 e. The van der Waals surface area contributed by atoms with Crippen LogP contribution in [0.1, 0.15) is 12.1 Å². The van der Waals surface area contributed by atoms with Gasteiger partial charge in [0.15, 0.2) is 5.17 Å². The lowest BCUT2D eigenvalue weighted by Crippen LogP contribution is -2.33. The third-order valence-corrected chi connectivity index (χ3v) is 6.64. The molecule has 162 valence electrons. The predicted molar refractivity (Wildman–Crippen MR) is 129 cm³/mol. The van der Waals surface area contributed by atoms with Crippen molar-refractivity contribution < 1.29 is 9.59 Å². The highest BCUT2D eigenvalue weighted by atomic mass is 35.5. The normalized spacial score (nSPS) is 17.1. The first-order chi connectivity index (χ1) is 15.5. The van der Waals surface area contributed by atoms with E-state index in [-0.39, 0.29) is 29.8 Å². The number of anilines is 1. The van der Waals surface area contributed by atoms with Gasteiger partial charge in [-0.25, -0.2) is 4.99 Å². The van der Waals surface area contributed by atoms with E-state index in [1.54, 1.807) is 29.3 Å². The summed E-state index contributed by atoms with van der Waals surface area (Å²) in [5, 5.41) is 3.26. The summed E-state index contributed by atoms with van der Waals surface area (Å²) in [7, 11) is 0. The van der Waals surface area contributed by atoms with Crippen LogP contribution in [0.5, 0.6) is 0 Å². The SMILES string of the molecule is O=C(CC1SC(=Nc2ccccc2)N(Cc2ccccn2)C1=O)Nc1cccc(Cl)c1Cl. The molecule has 1 aromatic heterocycles. The highest BCUT2D eigenvalue weighted by molar-refractivity contribution is 8.15. The molecule has 3 aromatic rings. The molecule has 1 saturated heterocycles. The smallest absolute Gasteiger partial charge is 0.243 e. The van der Waals surface area contributed by atoms with Crippen LogP contribution >= 0.6 is 35.0 Å². The Labute approximate surface area is 199 Å². The summed E-state index contributed by atoms with van der Waals surface area (Å²) >= 11 is 13.4. The van der Waals surface area contributed by atoms with E-state index in [1.807, 2.05) is 48.5 Å². The first-order valence-corrected chi connectivity index (χ1v) is 11.4. The number of aliphatic imine (C=N–C) groups is 1. The Balaban J connectivity index is 1.54. The number of nitrogens with one attached hydrogen (secondary N) is 1. The molecule has 4 rings (SSSR count). The van der Waals surface area contributed by atoms with Crippen LogP contribution in [-0.2, 0) is 16.1 Å². The van der Waals surface area contributed by atoms with Crippen molar-refractivity contribution in [1.82, 2.24) is 9.88 Å². The molecule has 2 amide bonds. The Morgan fingerprint density at radius 1 is 1.06 bits per heavy atom. The molecule has 0 saturated carbocycles. The van der Waals surface area contributed by atoms with Gasteiger partial charge < -0.3 is 5.32 Å². The van der Waals surface area contributed by atoms with E-state index in [9.17, 15) is 9.59 Å². The number of pyridine rings is 1. The number of thioether (sulfide) groups is 1. The lowest BCUT2D eigenvalue weighted by atomic mass is 10.2. The van der Waals surface area contributed by atoms with Gasteiger partial charge in [-0.3, -0.25) is 19.5 Å². The van der Waals surface area contributed by atoms with E-state index in [0.29, 0.717) is 15.9 Å². The molecule has 1 fully saturated rings. The molecule has 2 aromatic carbocycles. The van der Waals surface area contributed by atoms with Gasteiger partial charge in [0.2, 0.25) is 11.8 Å². The van der Waals surface area contributed by atoms with Gasteiger partial charge in [-0.1, -0.05) is 65.3 Å². The van der Waals surface area contributed by atoms with Crippen molar-refractivity contribution in [2.45, 2.75) is 18.2 Å². The average Bonchev–Trinajstić information content (AvgIpc) is 3.07. The number of hydrogen-bond donors (Lipinski definition) is 1. The van der Waals surface area contributed by atoms with Gasteiger partial charge in [0.1, 0.15) is 5.25 Å². The van der Waals surface area contributed by atoms with Gasteiger partial charge in [0.25, 0.3) is 0 Å². The second-order valence-corrected chi connectivity index (χ2v) is 8.89. The van der Waals surface area contributed by atoms with Gasteiger partial charge in [-0.2, -0.15) is 0 Å². The molecule has 1 N–H and O–H groups in total. The van der Waals surface area contributed by atoms with Crippen molar-refractivity contribution in [3.63, 3.8) is 0 Å². The summed E-state index contributed by atoms with van der Waals surface area (Å²) in [5.74, 6) is -0.526. The molecule has 32 heavy (non-hydrogen) atoms. The summed E-state index contributed by atoms with van der Waals surface area (Å²) < 4.78 is 0. The molecule has 1 aliphatic rings. The molecule has 2 heterocycles. The summed E-state index contributed by atoms with van der Waals surface area (Å²) in [6.07, 6.45) is 1.65. The Kier molecular flexibility index (Phi) is 7.09. The van der Waals surface area contributed by atoms with Gasteiger partial charge in [0, 0.05) is 12.6 Å². The van der Waals surface area contributed by atoms with Crippen LogP contribution in [0, 0.1) is 0 Å². The van der Waals surface area contributed by atoms with Crippen molar-refractivity contribution in [2.24, 2.45) is 4.99 Å². The lowest BCUT2D eigenvalue weighted by Gasteiger charge is -2.16. The van der Waals surface area contributed by atoms with Gasteiger partial charge in [-0.05, 0) is 36.4 Å². The predicted octanol–water partition coefficient (Wildman–Crippen LogP) is 5.55. The second kappa shape index (κ2) is 10.2. The zero-order valence-electron chi connectivity index (χ0n) is 16.7. The van der Waals surface area contributed by atoms with Crippen LogP contribution in [-0.4, -0.2) is 32.1 Å². The summed E-state index contributed by atoms with van der Waals surface area (Å²) in [6.45, 7) is 0.274. The average molecular weight is 485 g/mol. The minimum atomic E-state index is -0.612. The van der Waals surface area contributed by atoms with Crippen molar-refractivity contribution in [1.29, 1.82) is 0 Å². The zero-order valence-corrected chi connectivity index (χ0v) is 19.1. The fourth-order valence-corrected chi connectivity index (χ4v) is 4.61. The molecule has 1 atom stereocenters. The number of nitrogens with zero attached hydrogens (tertiary/aromatic N) is 3. The van der Waals surface area contributed by atoms with Crippen molar-refractivity contribution in [2.75, 3.05) is 5.32 Å². The van der Waals surface area contributed by atoms with Crippen LogP contribution in [0.4, 0.5) is 11.4 Å². The topological polar surface area (TPSA) is 74.7 Å². The second-order valence-electron chi connectivity index (χ2n) is 6.94. The molecule has 1 unspecified atom stereocenters. The fraction of sp³-hybridized carbons (Fsp3) is 0.130. The number of hydrogen-bond acceptors (Lipinski definition) is 5. The summed E-state index contributed by atoms with van der Waals surface area (Å²) in [4.78, 5) is 36.4. The standard InChI is InChI=1S/C23H18Cl2N4O2S/c24-17-10-6-11-18(21(17)25)28-20(30)13-19-22(31)29(14-16-9-4-5-12-26-16)23(32-19)27-15-7-2-1-3-8-15/h1-12,19H,13-14H2,(H,28,30). The van der Waals surface area contributed by atoms with Crippen molar-refractivity contribution >= 4 is 63.3 Å². The van der Waals surface area contributed by atoms with E-state index in [0.717, 1.165) is 11.4 Å². The monoisotopic (exact) mass is 484 g/mol. The number of aromatic nitrogens is 1. The molecule has 6 nitrogen and oxygen atoms in total. The number of amides is 2. The maximum Gasteiger partial charge on any atom is 0.243 e. The Bertz CT molecular complexity index is 1160. The van der Waals surface area contributed by atoms with Crippen LogP contribution < -0.4 is 5.32 Å². The maximum absolute atomic E-state index is 13.2. The van der Waals surface area contributed by atoms with Crippen LogP contribution in [0.2, 0.25) is 10.0 Å². The molecule has 1 aliphatic heterocycles. The third-order valence-electron chi connectivity index (χ3n) is 4.64. The van der Waals surface area contributed by atoms with E-state index >= 15 is 0 Å². The van der Waals surface area contributed by atoms with E-state index in [2.05, 4.69) is 15.3 Å². The third kappa shape index (κ3) is 5.30. The highest BCUT2D eigenvalue weighted by Gasteiger charge is 2.39. The quantitative estimate of drug-likeness (QED) is 0.497. The number of halogens is 2. The van der Waals surface area contributed by atoms with Gasteiger partial charge in [-0.15, -0.1) is 0 Å². The van der Waals surface area contributed by atoms with Crippen LogP contribution in [0.15, 0.2) is 77.9 Å². The number of carbonyl (C=O) groups excluding carboxylic acids is 2. The van der Waals surface area contributed by atoms with Crippen LogP contribution in [0.3, 0.4) is 0 Å². The zero-order chi connectivity index (χ0) is 22.5. The molecule has 9 heteroatoms. The lowest BCUT2D eigenvalue weighted by molar-refractivity contribution is -0.128. The Morgan fingerprint density at radius 3 is 2.59 bits per heavy atom. The number of carbonyl (C=O) groups is 2. The molecule has 0 aliphatic carbocycles. The van der Waals surface area contributed by atoms with E-state index in [4.69, 9.17) is 23.2 Å². The van der Waals surface area contributed by atoms with E-state index < -0.39 is 5.25 Å². The molecule has 0 radical (unpaired) electrons. The first kappa shape index (κ1) is 22.3. The van der Waals surface area contributed by atoms with Crippen molar-refractivity contribution in [3.8, 4) is 0 Å². The number of para-hydroxylation sites is 1. The number of benzene rings is 2. The summed E-state index contributed by atoms with van der Waals surface area (Å²) in [6, 6.07) is 19.9. The van der Waals surface area contributed by atoms with Gasteiger partial charge >= 0.3 is 0 Å². The number of rotatable bonds is 6. The Morgan fingerprint density at radius 2 is 1.84 bits per heavy atom. The number of amidine groups is 1. The fourth-order valence-electron chi connectivity index (χ4n) is 3.11. The largest absolute Gasteiger partial charge is 0.325 e. The van der Waals surface area contributed by atoms with Gasteiger partial charge in [0.05, 0.1) is 33.7 Å². The maximum atomic E-state index is 13.2. The summed E-state index contributed by atoms with van der Waals surface area (Å²) in [5.41, 5.74) is 1.87. The van der Waals surface area contributed by atoms with E-state index in [1.165, 1.54) is 11.8 Å². The molecule has 0 spiro atoms. The molecular formula is C23H18Cl2N4O2S. The van der Waals surface area contributed by atoms with Crippen molar-refractivity contribution in [3.05, 3.63) is 88.7 Å². The molecular weight excluding hydrogens is 467 g/mol. The highest BCUT2D eigenvalue weighted by Crippen LogP contribution is 2.34. The molecule has 0 bridgehead atoms. The first-order valence-electron chi connectivity index (χ1n) is 9.77. The Hall–Kier alpha value is -2.87.